The minimum absolute atomic E-state index is 0.0230. The minimum atomic E-state index is -0.581. The third-order valence-corrected chi connectivity index (χ3v) is 5.19. The number of nitrogens with zero attached hydrogens (tertiary/aromatic N) is 2. The van der Waals surface area contributed by atoms with Crippen LogP contribution in [-0.2, 0) is 11.4 Å². The van der Waals surface area contributed by atoms with E-state index < -0.39 is 16.9 Å². The molecule has 4 rings (SSSR count). The molecule has 172 valence electrons. The van der Waals surface area contributed by atoms with Gasteiger partial charge in [-0.1, -0.05) is 35.9 Å². The maximum Gasteiger partial charge on any atom is 0.333 e. The van der Waals surface area contributed by atoms with Gasteiger partial charge in [0.05, 0.1) is 17.7 Å². The normalized spacial score (nSPS) is 14.3. The summed E-state index contributed by atoms with van der Waals surface area (Å²) in [6.07, 6.45) is 1.53. The fraction of sp³-hybridized carbons (Fsp3) is 0.0833. The third kappa shape index (κ3) is 4.84. The van der Waals surface area contributed by atoms with Crippen molar-refractivity contribution in [3.05, 3.63) is 98.7 Å². The monoisotopic (exact) mass is 479 g/mol. The number of ether oxygens (including phenoxy) is 2. The number of urea groups is 1. The quantitative estimate of drug-likeness (QED) is 0.222. The SMILES string of the molecule is COc1cc(/C=C2/NC(=O)N(c3cccc(Cl)c3)C2=O)ccc1OCc1cccc([N+](=O)[O-])c1. The van der Waals surface area contributed by atoms with Crippen molar-refractivity contribution >= 4 is 41.0 Å². The zero-order valence-electron chi connectivity index (χ0n) is 17.9. The minimum Gasteiger partial charge on any atom is -0.493 e. The van der Waals surface area contributed by atoms with Crippen LogP contribution in [0.5, 0.6) is 11.5 Å². The van der Waals surface area contributed by atoms with Crippen LogP contribution < -0.4 is 19.7 Å². The molecule has 3 amide bonds. The molecule has 1 fully saturated rings. The first-order chi connectivity index (χ1) is 16.4. The molecule has 3 aromatic carbocycles. The Labute approximate surface area is 199 Å². The maximum absolute atomic E-state index is 12.8. The Morgan fingerprint density at radius 1 is 1.06 bits per heavy atom. The van der Waals surface area contributed by atoms with Gasteiger partial charge in [0.15, 0.2) is 11.5 Å². The first kappa shape index (κ1) is 22.8. The van der Waals surface area contributed by atoms with E-state index in [1.807, 2.05) is 0 Å². The summed E-state index contributed by atoms with van der Waals surface area (Å²) in [6, 6.07) is 17.0. The molecule has 1 aliphatic heterocycles. The number of carbonyl (C=O) groups is 2. The molecule has 0 aromatic heterocycles. The molecule has 0 atom stereocenters. The second-order valence-electron chi connectivity index (χ2n) is 7.23. The molecule has 1 saturated heterocycles. The Kier molecular flexibility index (Phi) is 6.46. The summed E-state index contributed by atoms with van der Waals surface area (Å²) in [7, 11) is 1.47. The van der Waals surface area contributed by atoms with Crippen molar-refractivity contribution in [1.82, 2.24) is 5.32 Å². The van der Waals surface area contributed by atoms with Crippen LogP contribution in [0.25, 0.3) is 6.08 Å². The maximum atomic E-state index is 12.8. The van der Waals surface area contributed by atoms with Gasteiger partial charge >= 0.3 is 6.03 Å². The Morgan fingerprint density at radius 3 is 2.59 bits per heavy atom. The van der Waals surface area contributed by atoms with Gasteiger partial charge in [-0.3, -0.25) is 14.9 Å². The van der Waals surface area contributed by atoms with Crippen LogP contribution in [0, 0.1) is 10.1 Å². The number of nitrogens with one attached hydrogen (secondary N) is 1. The molecule has 34 heavy (non-hydrogen) atoms. The second kappa shape index (κ2) is 9.63. The first-order valence-electron chi connectivity index (χ1n) is 10.0. The van der Waals surface area contributed by atoms with Gasteiger partial charge in [-0.2, -0.15) is 0 Å². The van der Waals surface area contributed by atoms with E-state index in [4.69, 9.17) is 21.1 Å². The number of hydrogen-bond acceptors (Lipinski definition) is 6. The Hall–Kier alpha value is -4.37. The molecule has 10 heteroatoms. The van der Waals surface area contributed by atoms with E-state index in [9.17, 15) is 19.7 Å². The molecular formula is C24H18ClN3O6. The van der Waals surface area contributed by atoms with Crippen molar-refractivity contribution in [2.24, 2.45) is 0 Å². The Balaban J connectivity index is 1.52. The summed E-state index contributed by atoms with van der Waals surface area (Å²) in [5, 5.41) is 13.9. The number of nitro benzene ring substituents is 1. The molecular weight excluding hydrogens is 462 g/mol. The molecule has 1 N–H and O–H groups in total. The van der Waals surface area contributed by atoms with Crippen molar-refractivity contribution in [3.8, 4) is 11.5 Å². The number of nitro groups is 1. The number of imide groups is 1. The molecule has 0 spiro atoms. The molecule has 9 nitrogen and oxygen atoms in total. The van der Waals surface area contributed by atoms with Gasteiger partial charge < -0.3 is 14.8 Å². The summed E-state index contributed by atoms with van der Waals surface area (Å²) < 4.78 is 11.2. The lowest BCUT2D eigenvalue weighted by Gasteiger charge is -2.12. The number of rotatable bonds is 7. The average molecular weight is 480 g/mol. The van der Waals surface area contributed by atoms with Crippen LogP contribution >= 0.6 is 11.6 Å². The number of halogens is 1. The van der Waals surface area contributed by atoms with Crippen LogP contribution in [0.2, 0.25) is 5.02 Å². The van der Waals surface area contributed by atoms with Gasteiger partial charge in [0, 0.05) is 17.2 Å². The summed E-state index contributed by atoms with van der Waals surface area (Å²) in [5.74, 6) is 0.291. The third-order valence-electron chi connectivity index (χ3n) is 4.96. The number of benzene rings is 3. The number of methoxy groups -OCH3 is 1. The van der Waals surface area contributed by atoms with Gasteiger partial charge in [-0.15, -0.1) is 0 Å². The molecule has 0 bridgehead atoms. The average Bonchev–Trinajstić information content (AvgIpc) is 3.10. The molecule has 0 radical (unpaired) electrons. The van der Waals surface area contributed by atoms with E-state index in [1.54, 1.807) is 48.5 Å². The highest BCUT2D eigenvalue weighted by molar-refractivity contribution is 6.32. The topological polar surface area (TPSA) is 111 Å². The van der Waals surface area contributed by atoms with E-state index in [0.29, 0.717) is 33.3 Å². The van der Waals surface area contributed by atoms with E-state index in [0.717, 1.165) is 4.90 Å². The molecule has 1 aliphatic rings. The predicted octanol–water partition coefficient (Wildman–Crippen LogP) is 4.93. The number of carbonyl (C=O) groups excluding carboxylic acids is 2. The predicted molar refractivity (Wildman–Crippen MR) is 126 cm³/mol. The van der Waals surface area contributed by atoms with E-state index >= 15 is 0 Å². The van der Waals surface area contributed by atoms with Crippen molar-refractivity contribution in [2.75, 3.05) is 12.0 Å². The lowest BCUT2D eigenvalue weighted by molar-refractivity contribution is -0.384. The van der Waals surface area contributed by atoms with Gasteiger partial charge in [-0.05, 0) is 47.5 Å². The Morgan fingerprint density at radius 2 is 1.85 bits per heavy atom. The van der Waals surface area contributed by atoms with Crippen LogP contribution in [-0.4, -0.2) is 24.0 Å². The highest BCUT2D eigenvalue weighted by Crippen LogP contribution is 2.31. The Bertz CT molecular complexity index is 1320. The fourth-order valence-electron chi connectivity index (χ4n) is 3.37. The van der Waals surface area contributed by atoms with Gasteiger partial charge in [-0.25, -0.2) is 9.69 Å². The molecule has 0 aliphatic carbocycles. The number of non-ortho nitro benzene ring substituents is 1. The van der Waals surface area contributed by atoms with Crippen LogP contribution in [0.1, 0.15) is 11.1 Å². The van der Waals surface area contributed by atoms with Crippen LogP contribution in [0.4, 0.5) is 16.2 Å². The summed E-state index contributed by atoms with van der Waals surface area (Å²) >= 11 is 5.98. The fourth-order valence-corrected chi connectivity index (χ4v) is 3.55. The van der Waals surface area contributed by atoms with E-state index in [-0.39, 0.29) is 18.0 Å². The number of anilines is 1. The lowest BCUT2D eigenvalue weighted by Crippen LogP contribution is -2.30. The summed E-state index contributed by atoms with van der Waals surface area (Å²) in [6.45, 7) is 0.0988. The summed E-state index contributed by atoms with van der Waals surface area (Å²) in [5.41, 5.74) is 1.65. The molecule has 0 unspecified atom stereocenters. The molecule has 3 aromatic rings. The highest BCUT2D eigenvalue weighted by Gasteiger charge is 2.35. The largest absolute Gasteiger partial charge is 0.493 e. The van der Waals surface area contributed by atoms with E-state index in [2.05, 4.69) is 5.32 Å². The molecule has 0 saturated carbocycles. The lowest BCUT2D eigenvalue weighted by atomic mass is 10.1. The van der Waals surface area contributed by atoms with Gasteiger partial charge in [0.1, 0.15) is 12.3 Å². The van der Waals surface area contributed by atoms with Crippen molar-refractivity contribution in [2.45, 2.75) is 6.61 Å². The second-order valence-corrected chi connectivity index (χ2v) is 7.67. The van der Waals surface area contributed by atoms with Crippen molar-refractivity contribution in [1.29, 1.82) is 0 Å². The van der Waals surface area contributed by atoms with E-state index in [1.165, 1.54) is 31.4 Å². The van der Waals surface area contributed by atoms with Gasteiger partial charge in [0.2, 0.25) is 0 Å². The van der Waals surface area contributed by atoms with Gasteiger partial charge in [0.25, 0.3) is 11.6 Å². The molecule has 1 heterocycles. The first-order valence-corrected chi connectivity index (χ1v) is 10.4. The number of hydrogen-bond donors (Lipinski definition) is 1. The summed E-state index contributed by atoms with van der Waals surface area (Å²) in [4.78, 5) is 36.7. The zero-order valence-corrected chi connectivity index (χ0v) is 18.6. The van der Waals surface area contributed by atoms with Crippen molar-refractivity contribution in [3.63, 3.8) is 0 Å². The van der Waals surface area contributed by atoms with Crippen LogP contribution in [0.15, 0.2) is 72.4 Å². The standard InChI is InChI=1S/C24H18ClN3O6/c1-33-22-12-15(8-9-21(22)34-14-16-4-2-7-19(10-16)28(31)32)11-20-23(29)27(24(30)26-20)18-6-3-5-17(25)13-18/h2-13H,14H2,1H3,(H,26,30)/b20-11+. The highest BCUT2D eigenvalue weighted by atomic mass is 35.5. The van der Waals surface area contributed by atoms with Crippen LogP contribution in [0.3, 0.4) is 0 Å². The smallest absolute Gasteiger partial charge is 0.333 e. The zero-order chi connectivity index (χ0) is 24.2. The van der Waals surface area contributed by atoms with Crippen molar-refractivity contribution < 1.29 is 24.0 Å². The number of amides is 3.